The maximum absolute atomic E-state index is 12.9. The van der Waals surface area contributed by atoms with E-state index in [1.807, 2.05) is 19.9 Å². The third-order valence-corrected chi connectivity index (χ3v) is 3.67. The molecule has 2 nitrogen and oxygen atoms in total. The number of rotatable bonds is 5. The van der Waals surface area contributed by atoms with Gasteiger partial charge in [0.2, 0.25) is 0 Å². The van der Waals surface area contributed by atoms with Crippen molar-refractivity contribution in [3.63, 3.8) is 0 Å². The molecule has 1 N–H and O–H groups in total. The Morgan fingerprint density at radius 1 is 1.33 bits per heavy atom. The first kappa shape index (κ1) is 13.2. The van der Waals surface area contributed by atoms with Crippen LogP contribution in [-0.4, -0.2) is 11.5 Å². The highest BCUT2D eigenvalue weighted by Gasteiger charge is 2.01. The van der Waals surface area contributed by atoms with Gasteiger partial charge in [-0.1, -0.05) is 6.07 Å². The molecule has 4 heteroatoms. The molecule has 96 valence electrons. The van der Waals surface area contributed by atoms with Crippen LogP contribution >= 0.6 is 11.3 Å². The lowest BCUT2D eigenvalue weighted by Gasteiger charge is -2.06. The van der Waals surface area contributed by atoms with E-state index in [4.69, 9.17) is 0 Å². The van der Waals surface area contributed by atoms with Crippen molar-refractivity contribution in [3.8, 4) is 0 Å². The highest BCUT2D eigenvalue weighted by atomic mass is 32.1. The second-order valence-electron chi connectivity index (χ2n) is 4.36. The number of nitrogens with one attached hydrogen (secondary N) is 1. The molecule has 0 saturated carbocycles. The van der Waals surface area contributed by atoms with E-state index in [0.717, 1.165) is 35.8 Å². The van der Waals surface area contributed by atoms with Gasteiger partial charge in [0.1, 0.15) is 5.82 Å². The molecule has 1 aromatic heterocycles. The third-order valence-electron chi connectivity index (χ3n) is 2.85. The Morgan fingerprint density at radius 3 is 2.83 bits per heavy atom. The summed E-state index contributed by atoms with van der Waals surface area (Å²) in [5.41, 5.74) is 3.30. The first-order chi connectivity index (χ1) is 8.65. The van der Waals surface area contributed by atoms with Crippen LogP contribution in [0.4, 0.5) is 4.39 Å². The molecule has 0 amide bonds. The summed E-state index contributed by atoms with van der Waals surface area (Å²) < 4.78 is 12.9. The fourth-order valence-electron chi connectivity index (χ4n) is 1.87. The van der Waals surface area contributed by atoms with Crippen LogP contribution in [0.5, 0.6) is 0 Å². The Hall–Kier alpha value is -1.26. The van der Waals surface area contributed by atoms with Crippen molar-refractivity contribution in [2.75, 3.05) is 6.54 Å². The van der Waals surface area contributed by atoms with Crippen molar-refractivity contribution in [2.24, 2.45) is 0 Å². The fourth-order valence-corrected chi connectivity index (χ4v) is 2.48. The SMILES string of the molecule is Cc1nc(CNCCc2ccc(F)cc2C)cs1. The van der Waals surface area contributed by atoms with E-state index in [1.165, 1.54) is 11.6 Å². The van der Waals surface area contributed by atoms with Crippen molar-refractivity contribution >= 4 is 11.3 Å². The standard InChI is InChI=1S/C14H17FN2S/c1-10-7-13(15)4-3-12(10)5-6-16-8-14-9-18-11(2)17-14/h3-4,7,9,16H,5-6,8H2,1-2H3. The number of hydrogen-bond acceptors (Lipinski definition) is 3. The second kappa shape index (κ2) is 6.07. The predicted molar refractivity (Wildman–Crippen MR) is 73.4 cm³/mol. The number of halogens is 1. The molecule has 0 aliphatic rings. The Kier molecular flexibility index (Phi) is 4.44. The van der Waals surface area contributed by atoms with Gasteiger partial charge in [-0.05, 0) is 50.1 Å². The summed E-state index contributed by atoms with van der Waals surface area (Å²) >= 11 is 1.67. The zero-order chi connectivity index (χ0) is 13.0. The molecule has 0 bridgehead atoms. The van der Waals surface area contributed by atoms with Crippen LogP contribution in [0.25, 0.3) is 0 Å². The number of hydrogen-bond donors (Lipinski definition) is 1. The quantitative estimate of drug-likeness (QED) is 0.839. The molecule has 0 spiro atoms. The van der Waals surface area contributed by atoms with Gasteiger partial charge in [0.25, 0.3) is 0 Å². The Morgan fingerprint density at radius 2 is 2.17 bits per heavy atom. The van der Waals surface area contributed by atoms with Gasteiger partial charge in [-0.25, -0.2) is 9.37 Å². The van der Waals surface area contributed by atoms with E-state index in [1.54, 1.807) is 17.4 Å². The van der Waals surface area contributed by atoms with Gasteiger partial charge >= 0.3 is 0 Å². The molecule has 1 heterocycles. The molecule has 0 aliphatic carbocycles. The zero-order valence-corrected chi connectivity index (χ0v) is 11.5. The van der Waals surface area contributed by atoms with Gasteiger partial charge in [0, 0.05) is 11.9 Å². The smallest absolute Gasteiger partial charge is 0.123 e. The van der Waals surface area contributed by atoms with Crippen LogP contribution in [0.2, 0.25) is 0 Å². The minimum Gasteiger partial charge on any atom is -0.311 e. The maximum Gasteiger partial charge on any atom is 0.123 e. The van der Waals surface area contributed by atoms with E-state index in [0.29, 0.717) is 0 Å². The number of nitrogens with zero attached hydrogens (tertiary/aromatic N) is 1. The monoisotopic (exact) mass is 264 g/mol. The normalized spacial score (nSPS) is 10.8. The summed E-state index contributed by atoms with van der Waals surface area (Å²) in [5.74, 6) is -0.165. The lowest BCUT2D eigenvalue weighted by atomic mass is 10.1. The highest BCUT2D eigenvalue weighted by molar-refractivity contribution is 7.09. The summed E-state index contributed by atoms with van der Waals surface area (Å²) in [6.07, 6.45) is 0.912. The molecule has 0 aliphatic heterocycles. The summed E-state index contributed by atoms with van der Waals surface area (Å²) in [6, 6.07) is 4.96. The summed E-state index contributed by atoms with van der Waals surface area (Å²) in [4.78, 5) is 4.39. The first-order valence-corrected chi connectivity index (χ1v) is 6.90. The summed E-state index contributed by atoms with van der Waals surface area (Å²) in [6.45, 7) is 5.63. The minimum atomic E-state index is -0.165. The maximum atomic E-state index is 12.9. The molecular formula is C14H17FN2S. The van der Waals surface area contributed by atoms with Gasteiger partial charge in [0.05, 0.1) is 10.7 Å². The molecular weight excluding hydrogens is 247 g/mol. The van der Waals surface area contributed by atoms with Crippen LogP contribution in [0.3, 0.4) is 0 Å². The molecule has 2 aromatic rings. The van der Waals surface area contributed by atoms with Gasteiger partial charge in [-0.3, -0.25) is 0 Å². The van der Waals surface area contributed by atoms with Crippen molar-refractivity contribution in [1.82, 2.24) is 10.3 Å². The molecule has 2 rings (SSSR count). The molecule has 0 saturated heterocycles. The average molecular weight is 264 g/mol. The van der Waals surface area contributed by atoms with Crippen molar-refractivity contribution in [2.45, 2.75) is 26.8 Å². The third kappa shape index (κ3) is 3.62. The molecule has 18 heavy (non-hydrogen) atoms. The van der Waals surface area contributed by atoms with E-state index >= 15 is 0 Å². The van der Waals surface area contributed by atoms with Gasteiger partial charge < -0.3 is 5.32 Å². The Balaban J connectivity index is 1.78. The van der Waals surface area contributed by atoms with Crippen molar-refractivity contribution in [3.05, 3.63) is 51.2 Å². The lowest BCUT2D eigenvalue weighted by Crippen LogP contribution is -2.17. The number of aryl methyl sites for hydroxylation is 2. The van der Waals surface area contributed by atoms with E-state index in [-0.39, 0.29) is 5.82 Å². The predicted octanol–water partition coefficient (Wildman–Crippen LogP) is 3.23. The molecule has 1 aromatic carbocycles. The van der Waals surface area contributed by atoms with Gasteiger partial charge in [0.15, 0.2) is 0 Å². The van der Waals surface area contributed by atoms with E-state index in [2.05, 4.69) is 15.7 Å². The molecule has 0 radical (unpaired) electrons. The highest BCUT2D eigenvalue weighted by Crippen LogP contribution is 2.11. The topological polar surface area (TPSA) is 24.9 Å². The Labute approximate surface area is 111 Å². The van der Waals surface area contributed by atoms with E-state index < -0.39 is 0 Å². The minimum absolute atomic E-state index is 0.165. The van der Waals surface area contributed by atoms with Gasteiger partial charge in [-0.2, -0.15) is 0 Å². The van der Waals surface area contributed by atoms with E-state index in [9.17, 15) is 4.39 Å². The van der Waals surface area contributed by atoms with Crippen LogP contribution in [0, 0.1) is 19.7 Å². The first-order valence-electron chi connectivity index (χ1n) is 6.02. The average Bonchev–Trinajstić information content (AvgIpc) is 2.73. The lowest BCUT2D eigenvalue weighted by molar-refractivity contribution is 0.624. The van der Waals surface area contributed by atoms with Gasteiger partial charge in [-0.15, -0.1) is 11.3 Å². The number of aromatic nitrogens is 1. The van der Waals surface area contributed by atoms with Crippen molar-refractivity contribution in [1.29, 1.82) is 0 Å². The largest absolute Gasteiger partial charge is 0.311 e. The van der Waals surface area contributed by atoms with Crippen LogP contribution < -0.4 is 5.32 Å². The Bertz CT molecular complexity index is 522. The molecule has 0 atom stereocenters. The zero-order valence-electron chi connectivity index (χ0n) is 10.7. The molecule has 0 fully saturated rings. The van der Waals surface area contributed by atoms with Crippen LogP contribution in [0.1, 0.15) is 21.8 Å². The van der Waals surface area contributed by atoms with Crippen molar-refractivity contribution < 1.29 is 4.39 Å². The summed E-state index contributed by atoms with van der Waals surface area (Å²) in [5, 5.41) is 6.53. The van der Waals surface area contributed by atoms with Crippen LogP contribution in [0.15, 0.2) is 23.6 Å². The summed E-state index contributed by atoms with van der Waals surface area (Å²) in [7, 11) is 0. The second-order valence-corrected chi connectivity index (χ2v) is 5.42. The number of thiazole rings is 1. The molecule has 0 unspecified atom stereocenters. The number of benzene rings is 1. The fraction of sp³-hybridized carbons (Fsp3) is 0.357. The van der Waals surface area contributed by atoms with Crippen LogP contribution in [-0.2, 0) is 13.0 Å².